The maximum atomic E-state index is 12.7. The predicted octanol–water partition coefficient (Wildman–Crippen LogP) is 0.0478. The molecule has 178 valence electrons. The Labute approximate surface area is 191 Å². The minimum atomic E-state index is -0.511. The van der Waals surface area contributed by atoms with Crippen LogP contribution in [0.3, 0.4) is 0 Å². The van der Waals surface area contributed by atoms with Crippen molar-refractivity contribution in [3.8, 4) is 5.69 Å². The van der Waals surface area contributed by atoms with Gasteiger partial charge >= 0.3 is 0 Å². The molecule has 4 N–H and O–H groups in total. The molecule has 1 saturated heterocycles. The van der Waals surface area contributed by atoms with Gasteiger partial charge in [0, 0.05) is 36.3 Å². The summed E-state index contributed by atoms with van der Waals surface area (Å²) in [5.41, 5.74) is 1.41. The fraction of sp³-hybridized carbons (Fsp3) is 0.500. The maximum absolute atomic E-state index is 12.7. The van der Waals surface area contributed by atoms with E-state index in [2.05, 4.69) is 20.8 Å². The molecule has 0 unspecified atom stereocenters. The van der Waals surface area contributed by atoms with Gasteiger partial charge in [-0.15, -0.1) is 10.2 Å². The summed E-state index contributed by atoms with van der Waals surface area (Å²) in [5.74, 6) is -0.163. The van der Waals surface area contributed by atoms with Crippen molar-refractivity contribution < 1.29 is 24.6 Å². The molecule has 0 spiro atoms. The van der Waals surface area contributed by atoms with Crippen LogP contribution >= 0.6 is 0 Å². The van der Waals surface area contributed by atoms with Crippen LogP contribution in [0.1, 0.15) is 36.0 Å². The van der Waals surface area contributed by atoms with Gasteiger partial charge in [-0.05, 0) is 50.9 Å². The lowest BCUT2D eigenvalue weighted by molar-refractivity contribution is -0.127. The van der Waals surface area contributed by atoms with Crippen LogP contribution in [0, 0.1) is 5.92 Å². The summed E-state index contributed by atoms with van der Waals surface area (Å²) >= 11 is 0. The Morgan fingerprint density at radius 2 is 1.76 bits per heavy atom. The van der Waals surface area contributed by atoms with Gasteiger partial charge in [0.25, 0.3) is 12.4 Å². The molecule has 0 bridgehead atoms. The standard InChI is InChI=1S/C21H28N6O3.CH2O2/c1-26-10-18(19(28)11-26)25-20(29)14-5-7-16(8-6-14)24-21(30)15-3-2-4-17(9-15)27-12-22-23-13-27;2-1-3/h2-4,9,12-14,16,18-19,28H,5-8,10-11H2,1H3,(H,24,30)(H,25,29);1H,(H,2,3)/t14?,16?,18-,19-;/m1./s1. The van der Waals surface area contributed by atoms with Crippen LogP contribution in [-0.2, 0) is 9.59 Å². The second kappa shape index (κ2) is 11.5. The van der Waals surface area contributed by atoms with E-state index < -0.39 is 6.10 Å². The highest BCUT2D eigenvalue weighted by Crippen LogP contribution is 2.25. The average molecular weight is 459 g/mol. The van der Waals surface area contributed by atoms with Gasteiger partial charge in [0.05, 0.1) is 12.1 Å². The van der Waals surface area contributed by atoms with Gasteiger partial charge in [-0.1, -0.05) is 6.07 Å². The van der Waals surface area contributed by atoms with E-state index >= 15 is 0 Å². The smallest absolute Gasteiger partial charge is 0.290 e. The van der Waals surface area contributed by atoms with E-state index in [-0.39, 0.29) is 36.3 Å². The summed E-state index contributed by atoms with van der Waals surface area (Å²) < 4.78 is 1.75. The van der Waals surface area contributed by atoms with Gasteiger partial charge in [0.2, 0.25) is 5.91 Å². The zero-order valence-electron chi connectivity index (χ0n) is 18.5. The molecule has 2 amide bonds. The molecular formula is C22H30N6O5. The van der Waals surface area contributed by atoms with Gasteiger partial charge in [-0.25, -0.2) is 0 Å². The van der Waals surface area contributed by atoms with Gasteiger partial charge in [-0.3, -0.25) is 19.0 Å². The Hall–Kier alpha value is -3.31. The van der Waals surface area contributed by atoms with Crippen LogP contribution in [-0.4, -0.2) is 86.5 Å². The minimum absolute atomic E-state index is 0.0146. The second-order valence-corrected chi connectivity index (χ2v) is 8.45. The summed E-state index contributed by atoms with van der Waals surface area (Å²) in [7, 11) is 1.94. The van der Waals surface area contributed by atoms with Crippen LogP contribution in [0.25, 0.3) is 5.69 Å². The third kappa shape index (κ3) is 6.59. The largest absolute Gasteiger partial charge is 0.483 e. The molecule has 1 saturated carbocycles. The van der Waals surface area contributed by atoms with Crippen LogP contribution in [0.2, 0.25) is 0 Å². The number of rotatable bonds is 5. The number of likely N-dealkylation sites (N-methyl/N-ethyl adjacent to an activating group) is 1. The molecule has 1 aliphatic carbocycles. The quantitative estimate of drug-likeness (QED) is 0.459. The number of β-amino-alcohol motifs (C(OH)–C–C–N with tert-alkyl or cyclic N) is 1. The number of benzene rings is 1. The van der Waals surface area contributed by atoms with Crippen LogP contribution in [0.15, 0.2) is 36.9 Å². The number of carbonyl (C=O) groups is 3. The maximum Gasteiger partial charge on any atom is 0.290 e. The Kier molecular flexibility index (Phi) is 8.50. The Bertz CT molecular complexity index is 929. The van der Waals surface area contributed by atoms with E-state index in [0.29, 0.717) is 18.7 Å². The fourth-order valence-electron chi connectivity index (χ4n) is 4.33. The number of carboxylic acid groups (broad SMARTS) is 1. The van der Waals surface area contributed by atoms with Crippen LogP contribution in [0.5, 0.6) is 0 Å². The highest BCUT2D eigenvalue weighted by atomic mass is 16.3. The number of hydrogen-bond donors (Lipinski definition) is 4. The van der Waals surface area contributed by atoms with E-state index in [1.54, 1.807) is 23.3 Å². The Morgan fingerprint density at radius 1 is 1.09 bits per heavy atom. The van der Waals surface area contributed by atoms with Crippen LogP contribution < -0.4 is 10.6 Å². The van der Waals surface area contributed by atoms with Crippen LogP contribution in [0.4, 0.5) is 0 Å². The minimum Gasteiger partial charge on any atom is -0.483 e. The molecule has 0 radical (unpaired) electrons. The van der Waals surface area contributed by atoms with Gasteiger partial charge < -0.3 is 25.7 Å². The number of carbonyl (C=O) groups excluding carboxylic acids is 2. The van der Waals surface area contributed by atoms with E-state index in [4.69, 9.17) is 9.90 Å². The van der Waals surface area contributed by atoms with Gasteiger partial charge in [0.15, 0.2) is 0 Å². The molecule has 2 fully saturated rings. The second-order valence-electron chi connectivity index (χ2n) is 8.45. The lowest BCUT2D eigenvalue weighted by Crippen LogP contribution is -2.47. The number of aliphatic hydroxyl groups excluding tert-OH is 1. The molecule has 2 aromatic rings. The third-order valence-electron chi connectivity index (χ3n) is 6.06. The van der Waals surface area contributed by atoms with Crippen molar-refractivity contribution in [2.45, 2.75) is 43.9 Å². The van der Waals surface area contributed by atoms with Crippen molar-refractivity contribution in [3.63, 3.8) is 0 Å². The van der Waals surface area contributed by atoms with Gasteiger partial charge in [0.1, 0.15) is 12.7 Å². The van der Waals surface area contributed by atoms with E-state index in [1.165, 1.54) is 0 Å². The predicted molar refractivity (Wildman–Crippen MR) is 119 cm³/mol. The first-order chi connectivity index (χ1) is 15.9. The summed E-state index contributed by atoms with van der Waals surface area (Å²) in [6, 6.07) is 7.18. The number of nitrogens with one attached hydrogen (secondary N) is 2. The number of aromatic nitrogens is 3. The van der Waals surface area contributed by atoms with E-state index in [1.807, 2.05) is 30.1 Å². The SMILES string of the molecule is CN1C[C@@H](O)[C@H](NC(=O)C2CCC(NC(=O)c3cccc(-n4cnnc4)c3)CC2)C1.O=CO. The Balaban J connectivity index is 0.000000968. The summed E-state index contributed by atoms with van der Waals surface area (Å²) in [4.78, 5) is 35.6. The molecule has 1 aromatic carbocycles. The first-order valence-electron chi connectivity index (χ1n) is 10.9. The lowest BCUT2D eigenvalue weighted by atomic mass is 9.85. The number of nitrogens with zero attached hydrogens (tertiary/aromatic N) is 4. The van der Waals surface area contributed by atoms with E-state index in [9.17, 15) is 14.7 Å². The molecular weight excluding hydrogens is 428 g/mol. The summed E-state index contributed by atoms with van der Waals surface area (Å²) in [6.45, 7) is 1.01. The summed E-state index contributed by atoms with van der Waals surface area (Å²) in [5, 5.41) is 30.6. The normalized spacial score (nSPS) is 24.9. The topological polar surface area (TPSA) is 150 Å². The Morgan fingerprint density at radius 3 is 2.36 bits per heavy atom. The third-order valence-corrected chi connectivity index (χ3v) is 6.06. The molecule has 33 heavy (non-hydrogen) atoms. The van der Waals surface area contributed by atoms with Crippen molar-refractivity contribution >= 4 is 18.3 Å². The molecule has 4 rings (SSSR count). The van der Waals surface area contributed by atoms with Crippen molar-refractivity contribution in [2.24, 2.45) is 5.92 Å². The number of hydrogen-bond acceptors (Lipinski definition) is 7. The average Bonchev–Trinajstić information content (AvgIpc) is 3.45. The highest BCUT2D eigenvalue weighted by molar-refractivity contribution is 5.95. The van der Waals surface area contributed by atoms with E-state index in [0.717, 1.165) is 31.4 Å². The summed E-state index contributed by atoms with van der Waals surface area (Å²) in [6.07, 6.45) is 5.66. The molecule has 11 nitrogen and oxygen atoms in total. The molecule has 2 aliphatic rings. The first kappa shape index (κ1) is 24.3. The molecule has 11 heteroatoms. The zero-order chi connectivity index (χ0) is 23.8. The highest BCUT2D eigenvalue weighted by Gasteiger charge is 2.33. The zero-order valence-corrected chi connectivity index (χ0v) is 18.5. The molecule has 1 aromatic heterocycles. The number of aliphatic hydroxyl groups is 1. The van der Waals surface area contributed by atoms with Gasteiger partial charge in [-0.2, -0.15) is 0 Å². The monoisotopic (exact) mass is 458 g/mol. The molecule has 2 heterocycles. The number of likely N-dealkylation sites (tertiary alicyclic amines) is 1. The van der Waals surface area contributed by atoms with Crippen molar-refractivity contribution in [1.29, 1.82) is 0 Å². The van der Waals surface area contributed by atoms with Crippen molar-refractivity contribution in [2.75, 3.05) is 20.1 Å². The fourth-order valence-corrected chi connectivity index (χ4v) is 4.33. The number of amides is 2. The van der Waals surface area contributed by atoms with Crippen molar-refractivity contribution in [3.05, 3.63) is 42.5 Å². The lowest BCUT2D eigenvalue weighted by Gasteiger charge is -2.29. The molecule has 2 atom stereocenters. The first-order valence-corrected chi connectivity index (χ1v) is 10.9. The van der Waals surface area contributed by atoms with Crippen molar-refractivity contribution in [1.82, 2.24) is 30.3 Å². The molecule has 1 aliphatic heterocycles.